The van der Waals surface area contributed by atoms with Gasteiger partial charge in [0.15, 0.2) is 0 Å². The number of carbonyl (C=O) groups is 1. The van der Waals surface area contributed by atoms with Crippen molar-refractivity contribution in [2.75, 3.05) is 19.0 Å². The van der Waals surface area contributed by atoms with Crippen molar-refractivity contribution < 1.29 is 4.79 Å². The molecule has 0 spiro atoms. The standard InChI is InChI=1S/C12H18N2O/c1-14(2)12-8-11(9-13-10-12)6-4-3-5-7-15/h7-10H,3-6H2,1-2H3. The molecule has 0 bridgehead atoms. The topological polar surface area (TPSA) is 33.2 Å². The summed E-state index contributed by atoms with van der Waals surface area (Å²) in [5.74, 6) is 0. The van der Waals surface area contributed by atoms with Crippen LogP contribution in [0.3, 0.4) is 0 Å². The molecular weight excluding hydrogens is 188 g/mol. The van der Waals surface area contributed by atoms with Gasteiger partial charge in [-0.2, -0.15) is 0 Å². The summed E-state index contributed by atoms with van der Waals surface area (Å²) in [6.45, 7) is 0. The van der Waals surface area contributed by atoms with Crippen LogP contribution in [0.2, 0.25) is 0 Å². The molecule has 3 heteroatoms. The van der Waals surface area contributed by atoms with Crippen molar-refractivity contribution in [2.45, 2.75) is 25.7 Å². The van der Waals surface area contributed by atoms with Gasteiger partial charge in [0.1, 0.15) is 6.29 Å². The van der Waals surface area contributed by atoms with E-state index in [-0.39, 0.29) is 0 Å². The van der Waals surface area contributed by atoms with Gasteiger partial charge in [0.25, 0.3) is 0 Å². The first kappa shape index (κ1) is 11.7. The molecular formula is C12H18N2O. The van der Waals surface area contributed by atoms with Crippen LogP contribution >= 0.6 is 0 Å². The van der Waals surface area contributed by atoms with Gasteiger partial charge < -0.3 is 9.69 Å². The van der Waals surface area contributed by atoms with E-state index in [1.807, 2.05) is 31.4 Å². The van der Waals surface area contributed by atoms with Gasteiger partial charge in [-0.1, -0.05) is 0 Å². The maximum Gasteiger partial charge on any atom is 0.119 e. The van der Waals surface area contributed by atoms with E-state index in [4.69, 9.17) is 0 Å². The fourth-order valence-electron chi connectivity index (χ4n) is 1.41. The van der Waals surface area contributed by atoms with Crippen LogP contribution < -0.4 is 4.90 Å². The number of nitrogens with zero attached hydrogens (tertiary/aromatic N) is 2. The number of aldehydes is 1. The molecule has 0 saturated carbocycles. The Labute approximate surface area is 91.1 Å². The Hall–Kier alpha value is -1.38. The molecule has 0 atom stereocenters. The summed E-state index contributed by atoms with van der Waals surface area (Å²) in [6, 6.07) is 2.15. The zero-order valence-electron chi connectivity index (χ0n) is 9.44. The molecule has 0 aliphatic rings. The molecule has 0 N–H and O–H groups in total. The monoisotopic (exact) mass is 206 g/mol. The van der Waals surface area contributed by atoms with Crippen molar-refractivity contribution in [2.24, 2.45) is 0 Å². The second-order valence-electron chi connectivity index (χ2n) is 3.86. The van der Waals surface area contributed by atoms with Gasteiger partial charge in [0, 0.05) is 26.7 Å². The van der Waals surface area contributed by atoms with Crippen molar-refractivity contribution in [1.82, 2.24) is 4.98 Å². The van der Waals surface area contributed by atoms with Crippen molar-refractivity contribution in [3.63, 3.8) is 0 Å². The smallest absolute Gasteiger partial charge is 0.119 e. The Morgan fingerprint density at radius 1 is 1.33 bits per heavy atom. The maximum absolute atomic E-state index is 10.1. The lowest BCUT2D eigenvalue weighted by atomic mass is 10.1. The molecule has 0 saturated heterocycles. The molecule has 0 aromatic carbocycles. The summed E-state index contributed by atoms with van der Waals surface area (Å²) in [5, 5.41) is 0. The number of aromatic nitrogens is 1. The summed E-state index contributed by atoms with van der Waals surface area (Å²) in [7, 11) is 4.01. The molecule has 0 aliphatic carbocycles. The van der Waals surface area contributed by atoms with Gasteiger partial charge in [-0.15, -0.1) is 0 Å². The van der Waals surface area contributed by atoms with Crippen LogP contribution in [0.25, 0.3) is 0 Å². The predicted molar refractivity (Wildman–Crippen MR) is 62.2 cm³/mol. The van der Waals surface area contributed by atoms with Crippen molar-refractivity contribution in [1.29, 1.82) is 0 Å². The highest BCUT2D eigenvalue weighted by Gasteiger charge is 1.98. The van der Waals surface area contributed by atoms with Crippen LogP contribution in [0.1, 0.15) is 24.8 Å². The van der Waals surface area contributed by atoms with E-state index in [0.717, 1.165) is 31.2 Å². The van der Waals surface area contributed by atoms with E-state index in [0.29, 0.717) is 6.42 Å². The summed E-state index contributed by atoms with van der Waals surface area (Å²) in [6.07, 6.45) is 8.42. The molecule has 15 heavy (non-hydrogen) atoms. The largest absolute Gasteiger partial charge is 0.376 e. The van der Waals surface area contributed by atoms with E-state index >= 15 is 0 Å². The molecule has 0 fully saturated rings. The number of pyridine rings is 1. The number of hydrogen-bond donors (Lipinski definition) is 0. The number of unbranched alkanes of at least 4 members (excludes halogenated alkanes) is 2. The maximum atomic E-state index is 10.1. The second kappa shape index (κ2) is 6.17. The molecule has 82 valence electrons. The Morgan fingerprint density at radius 3 is 2.80 bits per heavy atom. The Balaban J connectivity index is 2.46. The van der Waals surface area contributed by atoms with Crippen molar-refractivity contribution in [3.8, 4) is 0 Å². The summed E-state index contributed by atoms with van der Waals surface area (Å²) in [5.41, 5.74) is 2.37. The number of aryl methyl sites for hydroxylation is 1. The van der Waals surface area contributed by atoms with E-state index in [1.165, 1.54) is 5.56 Å². The van der Waals surface area contributed by atoms with Crippen LogP contribution in [0, 0.1) is 0 Å². The number of carbonyl (C=O) groups excluding carboxylic acids is 1. The number of hydrogen-bond acceptors (Lipinski definition) is 3. The fraction of sp³-hybridized carbons (Fsp3) is 0.500. The molecule has 0 aliphatic heterocycles. The first-order chi connectivity index (χ1) is 7.24. The zero-order valence-corrected chi connectivity index (χ0v) is 9.44. The SMILES string of the molecule is CN(C)c1cncc(CCCCC=O)c1. The first-order valence-corrected chi connectivity index (χ1v) is 5.29. The van der Waals surface area contributed by atoms with Crippen LogP contribution in [0.4, 0.5) is 5.69 Å². The van der Waals surface area contributed by atoms with Gasteiger partial charge in [-0.05, 0) is 30.9 Å². The highest BCUT2D eigenvalue weighted by molar-refractivity contribution is 5.49. The Morgan fingerprint density at radius 2 is 2.13 bits per heavy atom. The molecule has 1 aromatic rings. The number of rotatable bonds is 6. The highest BCUT2D eigenvalue weighted by atomic mass is 16.1. The third kappa shape index (κ3) is 4.11. The van der Waals surface area contributed by atoms with Gasteiger partial charge >= 0.3 is 0 Å². The summed E-state index contributed by atoms with van der Waals surface area (Å²) >= 11 is 0. The summed E-state index contributed by atoms with van der Waals surface area (Å²) in [4.78, 5) is 16.4. The zero-order chi connectivity index (χ0) is 11.1. The quantitative estimate of drug-likeness (QED) is 0.527. The molecule has 1 heterocycles. The van der Waals surface area contributed by atoms with Gasteiger partial charge in [-0.3, -0.25) is 4.98 Å². The average molecular weight is 206 g/mol. The van der Waals surface area contributed by atoms with E-state index < -0.39 is 0 Å². The molecule has 3 nitrogen and oxygen atoms in total. The van der Waals surface area contributed by atoms with Gasteiger partial charge in [0.05, 0.1) is 11.9 Å². The van der Waals surface area contributed by atoms with Crippen molar-refractivity contribution >= 4 is 12.0 Å². The Kier molecular flexibility index (Phi) is 4.81. The minimum Gasteiger partial charge on any atom is -0.376 e. The first-order valence-electron chi connectivity index (χ1n) is 5.29. The lowest BCUT2D eigenvalue weighted by molar-refractivity contribution is -0.107. The summed E-state index contributed by atoms with van der Waals surface area (Å²) < 4.78 is 0. The molecule has 1 aromatic heterocycles. The highest BCUT2D eigenvalue weighted by Crippen LogP contribution is 2.13. The van der Waals surface area contributed by atoms with Crippen LogP contribution in [0.15, 0.2) is 18.5 Å². The minimum atomic E-state index is 0.667. The molecule has 0 amide bonds. The second-order valence-corrected chi connectivity index (χ2v) is 3.86. The predicted octanol–water partition coefficient (Wildman–Crippen LogP) is 2.06. The van der Waals surface area contributed by atoms with E-state index in [9.17, 15) is 4.79 Å². The normalized spacial score (nSPS) is 10.0. The molecule has 1 rings (SSSR count). The molecule has 0 radical (unpaired) electrons. The Bertz CT molecular complexity index is 310. The molecule has 0 unspecified atom stereocenters. The van der Waals surface area contributed by atoms with Gasteiger partial charge in [0.2, 0.25) is 0 Å². The van der Waals surface area contributed by atoms with E-state index in [1.54, 1.807) is 0 Å². The fourth-order valence-corrected chi connectivity index (χ4v) is 1.41. The van der Waals surface area contributed by atoms with E-state index in [2.05, 4.69) is 11.1 Å². The van der Waals surface area contributed by atoms with Crippen LogP contribution in [-0.2, 0) is 11.2 Å². The average Bonchev–Trinajstić information content (AvgIpc) is 2.25. The number of anilines is 1. The third-order valence-electron chi connectivity index (χ3n) is 2.33. The van der Waals surface area contributed by atoms with Gasteiger partial charge in [-0.25, -0.2) is 0 Å². The lowest BCUT2D eigenvalue weighted by Crippen LogP contribution is -2.09. The minimum absolute atomic E-state index is 0.667. The lowest BCUT2D eigenvalue weighted by Gasteiger charge is -2.12. The van der Waals surface area contributed by atoms with Crippen molar-refractivity contribution in [3.05, 3.63) is 24.0 Å². The third-order valence-corrected chi connectivity index (χ3v) is 2.33. The van der Waals surface area contributed by atoms with Crippen LogP contribution in [-0.4, -0.2) is 25.4 Å². The van der Waals surface area contributed by atoms with Crippen LogP contribution in [0.5, 0.6) is 0 Å².